The maximum Gasteiger partial charge on any atom is 0.339 e. The Kier molecular flexibility index (Phi) is 6.95. The Bertz CT molecular complexity index is 660. The average molecular weight is 336 g/mol. The quantitative estimate of drug-likeness (QED) is 0.586. The number of rotatable bonds is 6. The molecule has 1 aromatic rings. The fourth-order valence-corrected chi connectivity index (χ4v) is 2.58. The summed E-state index contributed by atoms with van der Waals surface area (Å²) in [5.74, 6) is -1.80. The zero-order valence-corrected chi connectivity index (χ0v) is 15.1. The van der Waals surface area contributed by atoms with Crippen LogP contribution in [0.3, 0.4) is 0 Å². The minimum Gasteiger partial charge on any atom is -0.462 e. The number of carbonyl (C=O) groups is 3. The first-order chi connectivity index (χ1) is 11.3. The number of carbonyl (C=O) groups excluding carboxylic acids is 3. The van der Waals surface area contributed by atoms with E-state index in [0.29, 0.717) is 16.7 Å². The van der Waals surface area contributed by atoms with Gasteiger partial charge in [0.2, 0.25) is 0 Å². The summed E-state index contributed by atoms with van der Waals surface area (Å²) in [5, 5.41) is 0. The Labute approximate surface area is 142 Å². The molecule has 132 valence electrons. The number of hydrogen-bond donors (Lipinski definition) is 0. The van der Waals surface area contributed by atoms with E-state index in [9.17, 15) is 14.4 Å². The SMILES string of the molecule is CCOC(=O)c1c(C)c(C)c(C(=O)OCC)c(C(=O)OCC)c1C. The molecule has 0 heterocycles. The summed E-state index contributed by atoms with van der Waals surface area (Å²) >= 11 is 0. The van der Waals surface area contributed by atoms with Crippen LogP contribution in [0.4, 0.5) is 0 Å². The highest BCUT2D eigenvalue weighted by atomic mass is 16.5. The number of hydrogen-bond acceptors (Lipinski definition) is 6. The van der Waals surface area contributed by atoms with Gasteiger partial charge in [-0.25, -0.2) is 14.4 Å². The summed E-state index contributed by atoms with van der Waals surface area (Å²) in [6.45, 7) is 10.6. The minimum absolute atomic E-state index is 0.0569. The fraction of sp³-hybridized carbons (Fsp3) is 0.500. The van der Waals surface area contributed by atoms with Crippen molar-refractivity contribution < 1.29 is 28.6 Å². The third kappa shape index (κ3) is 3.75. The third-order valence-corrected chi connectivity index (χ3v) is 3.75. The Hall–Kier alpha value is -2.37. The van der Waals surface area contributed by atoms with Gasteiger partial charge >= 0.3 is 17.9 Å². The smallest absolute Gasteiger partial charge is 0.339 e. The second kappa shape index (κ2) is 8.47. The van der Waals surface area contributed by atoms with Crippen molar-refractivity contribution in [3.8, 4) is 0 Å². The van der Waals surface area contributed by atoms with E-state index < -0.39 is 17.9 Å². The summed E-state index contributed by atoms with van der Waals surface area (Å²) < 4.78 is 15.2. The maximum atomic E-state index is 12.4. The molecule has 6 nitrogen and oxygen atoms in total. The van der Waals surface area contributed by atoms with Crippen LogP contribution in [0.1, 0.15) is 68.5 Å². The van der Waals surface area contributed by atoms with E-state index in [1.165, 1.54) is 0 Å². The Morgan fingerprint density at radius 3 is 1.25 bits per heavy atom. The van der Waals surface area contributed by atoms with Gasteiger partial charge in [-0.2, -0.15) is 0 Å². The van der Waals surface area contributed by atoms with E-state index in [1.807, 2.05) is 0 Å². The number of benzene rings is 1. The maximum absolute atomic E-state index is 12.4. The first kappa shape index (κ1) is 19.7. The zero-order valence-electron chi connectivity index (χ0n) is 15.1. The van der Waals surface area contributed by atoms with Gasteiger partial charge in [-0.1, -0.05) is 0 Å². The number of ether oxygens (including phenoxy) is 3. The van der Waals surface area contributed by atoms with E-state index in [4.69, 9.17) is 14.2 Å². The van der Waals surface area contributed by atoms with Gasteiger partial charge in [0.25, 0.3) is 0 Å². The normalized spacial score (nSPS) is 10.2. The molecule has 0 unspecified atom stereocenters. The van der Waals surface area contributed by atoms with Crippen molar-refractivity contribution in [3.63, 3.8) is 0 Å². The van der Waals surface area contributed by atoms with Crippen LogP contribution in [0.2, 0.25) is 0 Å². The Balaban J connectivity index is 3.74. The lowest BCUT2D eigenvalue weighted by Gasteiger charge is -2.19. The van der Waals surface area contributed by atoms with Crippen molar-refractivity contribution in [3.05, 3.63) is 33.4 Å². The van der Waals surface area contributed by atoms with E-state index in [-0.39, 0.29) is 36.5 Å². The molecule has 0 bridgehead atoms. The predicted octanol–water partition coefficient (Wildman–Crippen LogP) is 3.14. The van der Waals surface area contributed by atoms with Gasteiger partial charge in [-0.05, 0) is 58.2 Å². The van der Waals surface area contributed by atoms with Gasteiger partial charge in [0.15, 0.2) is 0 Å². The van der Waals surface area contributed by atoms with E-state index in [1.54, 1.807) is 41.5 Å². The second-order valence-corrected chi connectivity index (χ2v) is 5.16. The standard InChI is InChI=1S/C18H24O6/c1-7-22-16(19)13-10(4)11(5)14(17(20)23-8-2)15(12(13)6)18(21)24-9-3/h7-9H2,1-6H3. The van der Waals surface area contributed by atoms with Gasteiger partial charge < -0.3 is 14.2 Å². The van der Waals surface area contributed by atoms with Crippen molar-refractivity contribution in [1.29, 1.82) is 0 Å². The summed E-state index contributed by atoms with van der Waals surface area (Å²) in [6.07, 6.45) is 0. The molecule has 6 heteroatoms. The second-order valence-electron chi connectivity index (χ2n) is 5.16. The van der Waals surface area contributed by atoms with Gasteiger partial charge in [0, 0.05) is 0 Å². The van der Waals surface area contributed by atoms with Crippen molar-refractivity contribution >= 4 is 17.9 Å². The van der Waals surface area contributed by atoms with Gasteiger partial charge in [-0.3, -0.25) is 0 Å². The molecule has 1 rings (SSSR count). The van der Waals surface area contributed by atoms with Crippen LogP contribution in [0.5, 0.6) is 0 Å². The molecule has 0 saturated carbocycles. The van der Waals surface area contributed by atoms with Gasteiger partial charge in [0.1, 0.15) is 0 Å². The molecule has 0 fully saturated rings. The highest BCUT2D eigenvalue weighted by molar-refractivity contribution is 6.08. The van der Waals surface area contributed by atoms with Gasteiger partial charge in [0.05, 0.1) is 36.5 Å². The summed E-state index contributed by atoms with van der Waals surface area (Å²) in [6, 6.07) is 0. The first-order valence-electron chi connectivity index (χ1n) is 7.96. The molecule has 0 spiro atoms. The van der Waals surface area contributed by atoms with Crippen LogP contribution >= 0.6 is 0 Å². The molecular formula is C18H24O6. The van der Waals surface area contributed by atoms with E-state index >= 15 is 0 Å². The molecule has 24 heavy (non-hydrogen) atoms. The van der Waals surface area contributed by atoms with E-state index in [2.05, 4.69) is 0 Å². The predicted molar refractivity (Wildman–Crippen MR) is 88.5 cm³/mol. The van der Waals surface area contributed by atoms with Crippen LogP contribution in [0.15, 0.2) is 0 Å². The number of esters is 3. The summed E-state index contributed by atoms with van der Waals surface area (Å²) in [4.78, 5) is 37.1. The average Bonchev–Trinajstić information content (AvgIpc) is 2.51. The monoisotopic (exact) mass is 336 g/mol. The van der Waals surface area contributed by atoms with Crippen molar-refractivity contribution in [1.82, 2.24) is 0 Å². The van der Waals surface area contributed by atoms with E-state index in [0.717, 1.165) is 0 Å². The molecule has 0 radical (unpaired) electrons. The highest BCUT2D eigenvalue weighted by Crippen LogP contribution is 2.29. The summed E-state index contributed by atoms with van der Waals surface area (Å²) in [7, 11) is 0. The molecular weight excluding hydrogens is 312 g/mol. The topological polar surface area (TPSA) is 78.9 Å². The van der Waals surface area contributed by atoms with Crippen LogP contribution < -0.4 is 0 Å². The molecule has 0 aromatic heterocycles. The van der Waals surface area contributed by atoms with Crippen molar-refractivity contribution in [2.45, 2.75) is 41.5 Å². The molecule has 0 aliphatic rings. The Morgan fingerprint density at radius 2 is 0.875 bits per heavy atom. The molecule has 1 aromatic carbocycles. The lowest BCUT2D eigenvalue weighted by atomic mass is 9.88. The summed E-state index contributed by atoms with van der Waals surface area (Å²) in [5.41, 5.74) is 1.93. The lowest BCUT2D eigenvalue weighted by molar-refractivity contribution is 0.0474. The first-order valence-corrected chi connectivity index (χ1v) is 7.96. The molecule has 0 aliphatic heterocycles. The molecule has 0 amide bonds. The molecule has 0 saturated heterocycles. The van der Waals surface area contributed by atoms with Crippen LogP contribution in [-0.2, 0) is 14.2 Å². The lowest BCUT2D eigenvalue weighted by Crippen LogP contribution is -2.22. The van der Waals surface area contributed by atoms with Crippen molar-refractivity contribution in [2.24, 2.45) is 0 Å². The fourth-order valence-electron chi connectivity index (χ4n) is 2.58. The highest BCUT2D eigenvalue weighted by Gasteiger charge is 2.30. The minimum atomic E-state index is -0.660. The van der Waals surface area contributed by atoms with Crippen LogP contribution in [0.25, 0.3) is 0 Å². The molecule has 0 atom stereocenters. The van der Waals surface area contributed by atoms with Crippen LogP contribution in [0, 0.1) is 20.8 Å². The molecule has 0 N–H and O–H groups in total. The molecule has 0 aliphatic carbocycles. The van der Waals surface area contributed by atoms with Crippen molar-refractivity contribution in [2.75, 3.05) is 19.8 Å². The Morgan fingerprint density at radius 1 is 0.583 bits per heavy atom. The third-order valence-electron chi connectivity index (χ3n) is 3.75. The van der Waals surface area contributed by atoms with Crippen LogP contribution in [-0.4, -0.2) is 37.7 Å². The largest absolute Gasteiger partial charge is 0.462 e. The zero-order chi connectivity index (χ0) is 18.4. The van der Waals surface area contributed by atoms with Gasteiger partial charge in [-0.15, -0.1) is 0 Å².